The largest absolute Gasteiger partial charge is 0.449 e. The average Bonchev–Trinajstić information content (AvgIpc) is 3.11. The Morgan fingerprint density at radius 3 is 2.92 bits per heavy atom. The molecule has 0 atom stereocenters. The first kappa shape index (κ1) is 15.4. The molecule has 1 aliphatic rings. The number of nitrogens with zero attached hydrogens (tertiary/aromatic N) is 3. The van der Waals surface area contributed by atoms with Crippen LogP contribution in [0, 0.1) is 0 Å². The van der Waals surface area contributed by atoms with Crippen LogP contribution in [-0.2, 0) is 6.54 Å². The Morgan fingerprint density at radius 1 is 1.33 bits per heavy atom. The summed E-state index contributed by atoms with van der Waals surface area (Å²) in [4.78, 5) is 26.2. The molecule has 1 fully saturated rings. The SMILES string of the molecule is O=c1[nH]c(CN2CCC(c3ncco3)CC2)nc2ccc(Cl)cc12. The molecule has 3 aromatic rings. The van der Waals surface area contributed by atoms with Crippen molar-refractivity contribution in [3.05, 3.63) is 57.8 Å². The second-order valence-corrected chi connectivity index (χ2v) is 6.53. The fourth-order valence-electron chi connectivity index (χ4n) is 3.22. The van der Waals surface area contributed by atoms with E-state index in [0.29, 0.717) is 34.2 Å². The Bertz CT molecular complexity index is 899. The first-order chi connectivity index (χ1) is 11.7. The molecule has 124 valence electrons. The van der Waals surface area contributed by atoms with Crippen molar-refractivity contribution in [3.63, 3.8) is 0 Å². The highest BCUT2D eigenvalue weighted by Crippen LogP contribution is 2.27. The van der Waals surface area contributed by atoms with Gasteiger partial charge in [-0.1, -0.05) is 11.6 Å². The van der Waals surface area contributed by atoms with Crippen molar-refractivity contribution in [2.24, 2.45) is 0 Å². The molecule has 0 bridgehead atoms. The van der Waals surface area contributed by atoms with Crippen LogP contribution in [0.2, 0.25) is 5.02 Å². The minimum absolute atomic E-state index is 0.146. The average molecular weight is 345 g/mol. The van der Waals surface area contributed by atoms with Gasteiger partial charge in [-0.2, -0.15) is 0 Å². The monoisotopic (exact) mass is 344 g/mol. The Balaban J connectivity index is 1.47. The fourth-order valence-corrected chi connectivity index (χ4v) is 3.39. The molecule has 0 amide bonds. The minimum atomic E-state index is -0.146. The Morgan fingerprint density at radius 2 is 2.17 bits per heavy atom. The van der Waals surface area contributed by atoms with Crippen LogP contribution in [0.15, 0.2) is 39.9 Å². The van der Waals surface area contributed by atoms with E-state index in [1.54, 1.807) is 30.7 Å². The number of likely N-dealkylation sites (tertiary alicyclic amines) is 1. The lowest BCUT2D eigenvalue weighted by Crippen LogP contribution is -2.33. The van der Waals surface area contributed by atoms with Crippen LogP contribution >= 0.6 is 11.6 Å². The van der Waals surface area contributed by atoms with Gasteiger partial charge in [0.2, 0.25) is 0 Å². The van der Waals surface area contributed by atoms with Crippen LogP contribution < -0.4 is 5.56 Å². The van der Waals surface area contributed by atoms with Crippen molar-refractivity contribution < 1.29 is 4.42 Å². The zero-order chi connectivity index (χ0) is 16.5. The number of nitrogens with one attached hydrogen (secondary N) is 1. The van der Waals surface area contributed by atoms with E-state index in [1.165, 1.54) is 0 Å². The van der Waals surface area contributed by atoms with Gasteiger partial charge in [-0.3, -0.25) is 9.69 Å². The van der Waals surface area contributed by atoms with Gasteiger partial charge in [0.05, 0.1) is 23.6 Å². The zero-order valence-corrected chi connectivity index (χ0v) is 13.8. The predicted molar refractivity (Wildman–Crippen MR) is 91.1 cm³/mol. The summed E-state index contributed by atoms with van der Waals surface area (Å²) in [6.07, 6.45) is 5.30. The summed E-state index contributed by atoms with van der Waals surface area (Å²) in [6.45, 7) is 2.48. The van der Waals surface area contributed by atoms with Crippen molar-refractivity contribution in [3.8, 4) is 0 Å². The molecule has 24 heavy (non-hydrogen) atoms. The highest BCUT2D eigenvalue weighted by Gasteiger charge is 2.24. The summed E-state index contributed by atoms with van der Waals surface area (Å²) >= 11 is 5.94. The van der Waals surface area contributed by atoms with Crippen LogP contribution in [-0.4, -0.2) is 32.9 Å². The van der Waals surface area contributed by atoms with Crippen molar-refractivity contribution >= 4 is 22.5 Å². The van der Waals surface area contributed by atoms with Gasteiger partial charge in [-0.05, 0) is 44.1 Å². The van der Waals surface area contributed by atoms with Gasteiger partial charge in [0.15, 0.2) is 5.89 Å². The van der Waals surface area contributed by atoms with E-state index >= 15 is 0 Å². The third kappa shape index (κ3) is 3.07. The van der Waals surface area contributed by atoms with Gasteiger partial charge in [0.25, 0.3) is 5.56 Å². The molecule has 0 spiro atoms. The molecule has 1 saturated heterocycles. The number of aromatic amines is 1. The van der Waals surface area contributed by atoms with E-state index in [-0.39, 0.29) is 5.56 Å². The lowest BCUT2D eigenvalue weighted by atomic mass is 9.97. The van der Waals surface area contributed by atoms with Crippen molar-refractivity contribution in [2.45, 2.75) is 25.3 Å². The summed E-state index contributed by atoms with van der Waals surface area (Å²) < 4.78 is 5.40. The third-order valence-electron chi connectivity index (χ3n) is 4.48. The van der Waals surface area contributed by atoms with Crippen molar-refractivity contribution in [1.82, 2.24) is 19.9 Å². The molecule has 4 rings (SSSR count). The molecule has 3 heterocycles. The molecule has 2 aromatic heterocycles. The minimum Gasteiger partial charge on any atom is -0.449 e. The van der Waals surface area contributed by atoms with E-state index in [0.717, 1.165) is 31.8 Å². The molecule has 1 aliphatic heterocycles. The zero-order valence-electron chi connectivity index (χ0n) is 13.0. The van der Waals surface area contributed by atoms with Crippen molar-refractivity contribution in [1.29, 1.82) is 0 Å². The molecule has 0 saturated carbocycles. The quantitative estimate of drug-likeness (QED) is 0.790. The number of aromatic nitrogens is 3. The van der Waals surface area contributed by atoms with Gasteiger partial charge < -0.3 is 9.40 Å². The summed E-state index contributed by atoms with van der Waals surface area (Å²) in [5.74, 6) is 1.88. The van der Waals surface area contributed by atoms with Crippen LogP contribution in [0.3, 0.4) is 0 Å². The summed E-state index contributed by atoms with van der Waals surface area (Å²) in [7, 11) is 0. The number of benzene rings is 1. The topological polar surface area (TPSA) is 75.0 Å². The fraction of sp³-hybridized carbons (Fsp3) is 0.353. The van der Waals surface area contributed by atoms with Crippen molar-refractivity contribution in [2.75, 3.05) is 13.1 Å². The van der Waals surface area contributed by atoms with Gasteiger partial charge in [-0.15, -0.1) is 0 Å². The standard InChI is InChI=1S/C17H17ClN4O2/c18-12-1-2-14-13(9-12)16(23)21-15(20-14)10-22-6-3-11(4-7-22)17-19-5-8-24-17/h1-2,5,8-9,11H,3-4,6-7,10H2,(H,20,21,23). The number of piperidine rings is 1. The first-order valence-electron chi connectivity index (χ1n) is 7.99. The second kappa shape index (κ2) is 6.37. The molecular weight excluding hydrogens is 328 g/mol. The lowest BCUT2D eigenvalue weighted by Gasteiger charge is -2.30. The van der Waals surface area contributed by atoms with E-state index in [1.807, 2.05) is 0 Å². The van der Waals surface area contributed by atoms with E-state index in [2.05, 4.69) is 19.9 Å². The smallest absolute Gasteiger partial charge is 0.258 e. The number of hydrogen-bond donors (Lipinski definition) is 1. The number of H-pyrrole nitrogens is 1. The summed E-state index contributed by atoms with van der Waals surface area (Å²) in [5, 5.41) is 1.06. The number of fused-ring (bicyclic) bond motifs is 1. The van der Waals surface area contributed by atoms with Gasteiger partial charge in [0, 0.05) is 10.9 Å². The summed E-state index contributed by atoms with van der Waals surface area (Å²) in [5.41, 5.74) is 0.528. The molecule has 1 aromatic carbocycles. The number of rotatable bonds is 3. The van der Waals surface area contributed by atoms with Gasteiger partial charge in [0.1, 0.15) is 12.1 Å². The number of hydrogen-bond acceptors (Lipinski definition) is 5. The molecule has 0 aliphatic carbocycles. The first-order valence-corrected chi connectivity index (χ1v) is 8.37. The van der Waals surface area contributed by atoms with E-state index in [4.69, 9.17) is 16.0 Å². The highest BCUT2D eigenvalue weighted by molar-refractivity contribution is 6.31. The van der Waals surface area contributed by atoms with Gasteiger partial charge >= 0.3 is 0 Å². The molecule has 0 radical (unpaired) electrons. The van der Waals surface area contributed by atoms with Crippen LogP contribution in [0.5, 0.6) is 0 Å². The highest BCUT2D eigenvalue weighted by atomic mass is 35.5. The molecular formula is C17H17ClN4O2. The second-order valence-electron chi connectivity index (χ2n) is 6.09. The molecule has 0 unspecified atom stereocenters. The van der Waals surface area contributed by atoms with Crippen LogP contribution in [0.4, 0.5) is 0 Å². The normalized spacial score (nSPS) is 16.7. The molecule has 6 nitrogen and oxygen atoms in total. The Kier molecular flexibility index (Phi) is 4.08. The van der Waals surface area contributed by atoms with Crippen LogP contribution in [0.25, 0.3) is 10.9 Å². The lowest BCUT2D eigenvalue weighted by molar-refractivity contribution is 0.189. The number of halogens is 1. The number of oxazole rings is 1. The Hall–Kier alpha value is -2.18. The summed E-state index contributed by atoms with van der Waals surface area (Å²) in [6, 6.07) is 5.18. The molecule has 1 N–H and O–H groups in total. The van der Waals surface area contributed by atoms with E-state index < -0.39 is 0 Å². The molecule has 7 heteroatoms. The maximum absolute atomic E-state index is 12.2. The maximum Gasteiger partial charge on any atom is 0.258 e. The van der Waals surface area contributed by atoms with Gasteiger partial charge in [-0.25, -0.2) is 9.97 Å². The van der Waals surface area contributed by atoms with Crippen LogP contribution in [0.1, 0.15) is 30.5 Å². The Labute approximate surface area is 143 Å². The third-order valence-corrected chi connectivity index (χ3v) is 4.71. The predicted octanol–water partition coefficient (Wildman–Crippen LogP) is 2.94. The maximum atomic E-state index is 12.2. The van der Waals surface area contributed by atoms with E-state index in [9.17, 15) is 4.79 Å².